The van der Waals surface area contributed by atoms with E-state index in [0.29, 0.717) is 0 Å². The highest BCUT2D eigenvalue weighted by Gasteiger charge is 2.06. The predicted octanol–water partition coefficient (Wildman–Crippen LogP) is 3.11. The third kappa shape index (κ3) is 4.50. The van der Waals surface area contributed by atoms with E-state index >= 15 is 0 Å². The molecule has 1 N–H and O–H groups in total. The van der Waals surface area contributed by atoms with Gasteiger partial charge in [0.05, 0.1) is 0 Å². The second-order valence-electron chi connectivity index (χ2n) is 4.54. The fraction of sp³-hybridized carbons (Fsp3) is 0.294. The molecule has 0 unspecified atom stereocenters. The van der Waals surface area contributed by atoms with Gasteiger partial charge in [0.25, 0.3) is 0 Å². The summed E-state index contributed by atoms with van der Waals surface area (Å²) in [7, 11) is 0. The van der Waals surface area contributed by atoms with Crippen molar-refractivity contribution in [2.45, 2.75) is 20.0 Å². The molecule has 0 spiro atoms. The van der Waals surface area contributed by atoms with Crippen LogP contribution >= 0.6 is 11.3 Å². The summed E-state index contributed by atoms with van der Waals surface area (Å²) in [5.41, 5.74) is 2.22. The van der Waals surface area contributed by atoms with Gasteiger partial charge in [-0.2, -0.15) is 0 Å². The molecule has 104 valence electrons. The standard InChI is InChI=1S/C17H19NOS/c1-2-18(14-17-9-5-11-20-17)13-16-7-3-6-15(12-16)8-4-10-19/h3,5-7,9,11-12,19H,2,10,13-14H2,1H3. The zero-order chi connectivity index (χ0) is 14.2. The minimum absolute atomic E-state index is 0.0936. The summed E-state index contributed by atoms with van der Waals surface area (Å²) in [5, 5.41) is 10.9. The predicted molar refractivity (Wildman–Crippen MR) is 84.5 cm³/mol. The quantitative estimate of drug-likeness (QED) is 0.853. The van der Waals surface area contributed by atoms with Crippen molar-refractivity contribution in [3.63, 3.8) is 0 Å². The Balaban J connectivity index is 2.03. The first-order valence-electron chi connectivity index (χ1n) is 6.75. The third-order valence-electron chi connectivity index (χ3n) is 3.05. The van der Waals surface area contributed by atoms with Crippen LogP contribution in [-0.4, -0.2) is 23.2 Å². The number of thiophene rings is 1. The molecule has 0 atom stereocenters. The van der Waals surface area contributed by atoms with Crippen molar-refractivity contribution in [1.82, 2.24) is 4.90 Å². The largest absolute Gasteiger partial charge is 0.384 e. The zero-order valence-corrected chi connectivity index (χ0v) is 12.5. The maximum Gasteiger partial charge on any atom is 0.104 e. The minimum Gasteiger partial charge on any atom is -0.384 e. The average molecular weight is 285 g/mol. The number of aliphatic hydroxyl groups is 1. The summed E-state index contributed by atoms with van der Waals surface area (Å²) in [4.78, 5) is 3.80. The Morgan fingerprint density at radius 1 is 1.20 bits per heavy atom. The van der Waals surface area contributed by atoms with Crippen LogP contribution in [0.15, 0.2) is 41.8 Å². The first kappa shape index (κ1) is 14.8. The van der Waals surface area contributed by atoms with Crippen LogP contribution in [0.1, 0.15) is 22.9 Å². The van der Waals surface area contributed by atoms with Crippen LogP contribution in [0.4, 0.5) is 0 Å². The van der Waals surface area contributed by atoms with Crippen LogP contribution in [0.3, 0.4) is 0 Å². The van der Waals surface area contributed by atoms with Gasteiger partial charge in [-0.3, -0.25) is 4.90 Å². The van der Waals surface area contributed by atoms with E-state index in [1.54, 1.807) is 11.3 Å². The van der Waals surface area contributed by atoms with Crippen LogP contribution in [0.25, 0.3) is 0 Å². The summed E-state index contributed by atoms with van der Waals surface area (Å²) >= 11 is 1.80. The molecule has 0 bridgehead atoms. The Bertz CT molecular complexity index is 581. The third-order valence-corrected chi connectivity index (χ3v) is 3.91. The molecule has 0 amide bonds. The fourth-order valence-electron chi connectivity index (χ4n) is 2.05. The Morgan fingerprint density at radius 2 is 2.10 bits per heavy atom. The number of hydrogen-bond donors (Lipinski definition) is 1. The van der Waals surface area contributed by atoms with Gasteiger partial charge < -0.3 is 5.11 Å². The number of aliphatic hydroxyl groups excluding tert-OH is 1. The van der Waals surface area contributed by atoms with Gasteiger partial charge in [0.1, 0.15) is 6.61 Å². The summed E-state index contributed by atoms with van der Waals surface area (Å²) in [5.74, 6) is 5.64. The molecule has 2 aromatic rings. The van der Waals surface area contributed by atoms with Crippen molar-refractivity contribution >= 4 is 11.3 Å². The molecule has 0 aliphatic heterocycles. The number of rotatable bonds is 5. The maximum absolute atomic E-state index is 8.74. The van der Waals surface area contributed by atoms with Gasteiger partial charge in [-0.15, -0.1) is 11.3 Å². The van der Waals surface area contributed by atoms with E-state index in [0.717, 1.165) is 25.2 Å². The van der Waals surface area contributed by atoms with Crippen LogP contribution in [0, 0.1) is 11.8 Å². The highest BCUT2D eigenvalue weighted by molar-refractivity contribution is 7.09. The number of hydrogen-bond acceptors (Lipinski definition) is 3. The summed E-state index contributed by atoms with van der Waals surface area (Å²) < 4.78 is 0. The molecule has 0 saturated heterocycles. The fourth-order valence-corrected chi connectivity index (χ4v) is 2.80. The van der Waals surface area contributed by atoms with Gasteiger partial charge in [-0.25, -0.2) is 0 Å². The van der Waals surface area contributed by atoms with E-state index in [4.69, 9.17) is 5.11 Å². The zero-order valence-electron chi connectivity index (χ0n) is 11.7. The van der Waals surface area contributed by atoms with Crippen molar-refractivity contribution < 1.29 is 5.11 Å². The number of nitrogens with zero attached hydrogens (tertiary/aromatic N) is 1. The topological polar surface area (TPSA) is 23.5 Å². The molecule has 1 aromatic heterocycles. The molecule has 2 nitrogen and oxygen atoms in total. The lowest BCUT2D eigenvalue weighted by Crippen LogP contribution is -2.21. The summed E-state index contributed by atoms with van der Waals surface area (Å²) in [6, 6.07) is 12.5. The van der Waals surface area contributed by atoms with E-state index in [2.05, 4.69) is 53.3 Å². The van der Waals surface area contributed by atoms with Crippen LogP contribution in [0.2, 0.25) is 0 Å². The molecular weight excluding hydrogens is 266 g/mol. The molecule has 1 heterocycles. The first-order chi connectivity index (χ1) is 9.81. The highest BCUT2D eigenvalue weighted by atomic mass is 32.1. The SMILES string of the molecule is CCN(Cc1cccc(C#CCO)c1)Cc1cccs1. The second-order valence-corrected chi connectivity index (χ2v) is 5.58. The van der Waals surface area contributed by atoms with Crippen LogP contribution in [-0.2, 0) is 13.1 Å². The van der Waals surface area contributed by atoms with Gasteiger partial charge in [-0.05, 0) is 35.7 Å². The van der Waals surface area contributed by atoms with Gasteiger partial charge >= 0.3 is 0 Å². The average Bonchev–Trinajstić information content (AvgIpc) is 2.98. The molecule has 3 heteroatoms. The minimum atomic E-state index is -0.0936. The van der Waals surface area contributed by atoms with Crippen molar-refractivity contribution in [2.75, 3.05) is 13.2 Å². The smallest absolute Gasteiger partial charge is 0.104 e. The van der Waals surface area contributed by atoms with E-state index in [9.17, 15) is 0 Å². The van der Waals surface area contributed by atoms with Gasteiger partial charge in [-0.1, -0.05) is 37.0 Å². The van der Waals surface area contributed by atoms with Gasteiger partial charge in [0.15, 0.2) is 0 Å². The lowest BCUT2D eigenvalue weighted by Gasteiger charge is -2.19. The normalized spacial score (nSPS) is 10.3. The summed E-state index contributed by atoms with van der Waals surface area (Å²) in [6.07, 6.45) is 0. The Labute approximate surface area is 124 Å². The number of benzene rings is 1. The van der Waals surface area contributed by atoms with E-state index < -0.39 is 0 Å². The highest BCUT2D eigenvalue weighted by Crippen LogP contribution is 2.14. The second kappa shape index (κ2) is 7.86. The van der Waals surface area contributed by atoms with Gasteiger partial charge in [0.2, 0.25) is 0 Å². The maximum atomic E-state index is 8.74. The molecular formula is C17H19NOS. The van der Waals surface area contributed by atoms with Crippen molar-refractivity contribution in [1.29, 1.82) is 0 Å². The van der Waals surface area contributed by atoms with E-state index in [-0.39, 0.29) is 6.61 Å². The first-order valence-corrected chi connectivity index (χ1v) is 7.63. The van der Waals surface area contributed by atoms with Crippen LogP contribution in [0.5, 0.6) is 0 Å². The molecule has 0 fully saturated rings. The Kier molecular flexibility index (Phi) is 5.82. The lowest BCUT2D eigenvalue weighted by atomic mass is 10.1. The molecule has 0 saturated carbocycles. The Hall–Kier alpha value is -1.60. The lowest BCUT2D eigenvalue weighted by molar-refractivity contribution is 0.274. The molecule has 0 radical (unpaired) electrons. The van der Waals surface area contributed by atoms with Crippen molar-refractivity contribution in [2.24, 2.45) is 0 Å². The molecule has 0 aliphatic rings. The van der Waals surface area contributed by atoms with E-state index in [1.807, 2.05) is 12.1 Å². The molecule has 20 heavy (non-hydrogen) atoms. The van der Waals surface area contributed by atoms with Crippen LogP contribution < -0.4 is 0 Å². The van der Waals surface area contributed by atoms with Crippen molar-refractivity contribution in [3.8, 4) is 11.8 Å². The monoisotopic (exact) mass is 285 g/mol. The molecule has 0 aliphatic carbocycles. The van der Waals surface area contributed by atoms with Crippen molar-refractivity contribution in [3.05, 3.63) is 57.8 Å². The van der Waals surface area contributed by atoms with E-state index in [1.165, 1.54) is 10.4 Å². The molecule has 1 aromatic carbocycles. The molecule has 2 rings (SSSR count). The summed E-state index contributed by atoms with van der Waals surface area (Å²) in [6.45, 7) is 5.01. The Morgan fingerprint density at radius 3 is 2.80 bits per heavy atom. The van der Waals surface area contributed by atoms with Gasteiger partial charge in [0, 0.05) is 23.5 Å².